The van der Waals surface area contributed by atoms with E-state index in [-0.39, 0.29) is 5.60 Å². The second-order valence-electron chi connectivity index (χ2n) is 2.26. The third-order valence-electron chi connectivity index (χ3n) is 1.70. The normalized spacial score (nSPS) is 22.6. The summed E-state index contributed by atoms with van der Waals surface area (Å²) in [7, 11) is 1.66. The monoisotopic (exact) mass is 114 g/mol. The van der Waals surface area contributed by atoms with Crippen molar-refractivity contribution in [1.82, 2.24) is 0 Å². The molecule has 0 aliphatic heterocycles. The van der Waals surface area contributed by atoms with Gasteiger partial charge in [-0.05, 0) is 12.8 Å². The van der Waals surface area contributed by atoms with E-state index >= 15 is 0 Å². The molecule has 1 fully saturated rings. The summed E-state index contributed by atoms with van der Waals surface area (Å²) in [5.41, 5.74) is -0.0260. The lowest BCUT2D eigenvalue weighted by atomic mass is 10.2. The van der Waals surface area contributed by atoms with Gasteiger partial charge in [0.25, 0.3) is 0 Å². The first-order valence-electron chi connectivity index (χ1n) is 2.82. The summed E-state index contributed by atoms with van der Waals surface area (Å²) in [5.74, 6) is 0. The molecule has 1 saturated carbocycles. The van der Waals surface area contributed by atoms with E-state index in [1.165, 1.54) is 0 Å². The van der Waals surface area contributed by atoms with Crippen LogP contribution in [0.25, 0.3) is 0 Å². The van der Waals surface area contributed by atoms with Crippen LogP contribution in [0.15, 0.2) is 0 Å². The first kappa shape index (κ1) is 5.76. The van der Waals surface area contributed by atoms with E-state index in [1.807, 2.05) is 0 Å². The Morgan fingerprint density at radius 2 is 2.38 bits per heavy atom. The molecule has 0 aromatic carbocycles. The number of hydrogen-bond donors (Lipinski definition) is 0. The molecule has 46 valence electrons. The lowest BCUT2D eigenvalue weighted by Crippen LogP contribution is -2.10. The fourth-order valence-corrected chi connectivity index (χ4v) is 0.783. The van der Waals surface area contributed by atoms with Crippen LogP contribution >= 0.6 is 0 Å². The summed E-state index contributed by atoms with van der Waals surface area (Å²) in [5, 5.41) is 0. The number of hydrogen-bond acceptors (Lipinski definition) is 2. The van der Waals surface area contributed by atoms with Crippen LogP contribution in [0.1, 0.15) is 19.3 Å². The minimum Gasteiger partial charge on any atom is -0.378 e. The average molecular weight is 114 g/mol. The molecule has 0 radical (unpaired) electrons. The predicted octanol–water partition coefficient (Wildman–Crippen LogP) is 0.754. The van der Waals surface area contributed by atoms with Crippen LogP contribution in [-0.2, 0) is 9.53 Å². The van der Waals surface area contributed by atoms with Crippen molar-refractivity contribution < 1.29 is 9.53 Å². The molecule has 0 atom stereocenters. The number of ether oxygens (including phenoxy) is 1. The fraction of sp³-hybridized carbons (Fsp3) is 0.833. The Morgan fingerprint density at radius 1 is 1.75 bits per heavy atom. The van der Waals surface area contributed by atoms with Gasteiger partial charge in [0.1, 0.15) is 6.29 Å². The van der Waals surface area contributed by atoms with E-state index in [2.05, 4.69) is 0 Å². The van der Waals surface area contributed by atoms with Crippen molar-refractivity contribution in [3.05, 3.63) is 0 Å². The summed E-state index contributed by atoms with van der Waals surface area (Å²) < 4.78 is 5.06. The number of rotatable bonds is 3. The van der Waals surface area contributed by atoms with Crippen molar-refractivity contribution in [3.63, 3.8) is 0 Å². The molecule has 2 heteroatoms. The summed E-state index contributed by atoms with van der Waals surface area (Å²) in [6.45, 7) is 0. The average Bonchev–Trinajstić information content (AvgIpc) is 2.50. The fourth-order valence-electron chi connectivity index (χ4n) is 0.783. The molecule has 0 aromatic rings. The maximum Gasteiger partial charge on any atom is 0.122 e. The topological polar surface area (TPSA) is 26.3 Å². The molecular weight excluding hydrogens is 104 g/mol. The molecule has 0 spiro atoms. The summed E-state index contributed by atoms with van der Waals surface area (Å²) >= 11 is 0. The molecule has 0 saturated heterocycles. The highest BCUT2D eigenvalue weighted by Gasteiger charge is 2.42. The second-order valence-corrected chi connectivity index (χ2v) is 2.26. The van der Waals surface area contributed by atoms with Crippen molar-refractivity contribution in [2.75, 3.05) is 7.11 Å². The zero-order valence-corrected chi connectivity index (χ0v) is 5.02. The van der Waals surface area contributed by atoms with Crippen LogP contribution in [0.4, 0.5) is 0 Å². The number of methoxy groups -OCH3 is 1. The first-order valence-corrected chi connectivity index (χ1v) is 2.82. The summed E-state index contributed by atoms with van der Waals surface area (Å²) in [4.78, 5) is 9.94. The Balaban J connectivity index is 2.29. The third-order valence-corrected chi connectivity index (χ3v) is 1.70. The summed E-state index contributed by atoms with van der Waals surface area (Å²) in [6, 6.07) is 0. The minimum atomic E-state index is -0.0260. The van der Waals surface area contributed by atoms with E-state index in [1.54, 1.807) is 7.11 Å². The molecule has 0 bridgehead atoms. The van der Waals surface area contributed by atoms with Crippen LogP contribution < -0.4 is 0 Å². The van der Waals surface area contributed by atoms with Crippen LogP contribution in [0.5, 0.6) is 0 Å². The van der Waals surface area contributed by atoms with Gasteiger partial charge in [-0.2, -0.15) is 0 Å². The van der Waals surface area contributed by atoms with Gasteiger partial charge >= 0.3 is 0 Å². The van der Waals surface area contributed by atoms with Crippen LogP contribution in [0, 0.1) is 0 Å². The van der Waals surface area contributed by atoms with Gasteiger partial charge in [0, 0.05) is 13.5 Å². The number of aldehydes is 1. The van der Waals surface area contributed by atoms with Gasteiger partial charge in [-0.15, -0.1) is 0 Å². The molecular formula is C6H10O2. The van der Waals surface area contributed by atoms with Crippen molar-refractivity contribution in [2.45, 2.75) is 24.9 Å². The van der Waals surface area contributed by atoms with Crippen LogP contribution in [-0.4, -0.2) is 19.0 Å². The lowest BCUT2D eigenvalue weighted by molar-refractivity contribution is -0.110. The van der Waals surface area contributed by atoms with Crippen molar-refractivity contribution in [2.24, 2.45) is 0 Å². The third kappa shape index (κ3) is 0.892. The maximum absolute atomic E-state index is 9.94. The van der Waals surface area contributed by atoms with E-state index in [0.29, 0.717) is 6.42 Å². The Bertz CT molecular complexity index is 94.7. The molecule has 1 rings (SSSR count). The number of carbonyl (C=O) groups is 1. The molecule has 0 unspecified atom stereocenters. The summed E-state index contributed by atoms with van der Waals surface area (Å²) in [6.07, 6.45) is 3.62. The van der Waals surface area contributed by atoms with Gasteiger partial charge in [0.05, 0.1) is 5.60 Å². The minimum absolute atomic E-state index is 0.0260. The highest BCUT2D eigenvalue weighted by molar-refractivity contribution is 5.52. The van der Waals surface area contributed by atoms with Crippen LogP contribution in [0.3, 0.4) is 0 Å². The molecule has 0 heterocycles. The SMILES string of the molecule is COC1(CC=O)CC1. The van der Waals surface area contributed by atoms with Gasteiger partial charge in [0.2, 0.25) is 0 Å². The molecule has 0 N–H and O–H groups in total. The van der Waals surface area contributed by atoms with Crippen molar-refractivity contribution in [1.29, 1.82) is 0 Å². The Morgan fingerprint density at radius 3 is 2.50 bits per heavy atom. The van der Waals surface area contributed by atoms with E-state index < -0.39 is 0 Å². The highest BCUT2D eigenvalue weighted by atomic mass is 16.5. The van der Waals surface area contributed by atoms with E-state index in [9.17, 15) is 4.79 Å². The van der Waals surface area contributed by atoms with Gasteiger partial charge in [-0.1, -0.05) is 0 Å². The highest BCUT2D eigenvalue weighted by Crippen LogP contribution is 2.40. The quantitative estimate of drug-likeness (QED) is 0.506. The zero-order valence-electron chi connectivity index (χ0n) is 5.02. The van der Waals surface area contributed by atoms with Gasteiger partial charge in [-0.25, -0.2) is 0 Å². The molecule has 8 heavy (non-hydrogen) atoms. The van der Waals surface area contributed by atoms with E-state index in [4.69, 9.17) is 4.74 Å². The Hall–Kier alpha value is -0.370. The van der Waals surface area contributed by atoms with Crippen LogP contribution in [0.2, 0.25) is 0 Å². The molecule has 1 aliphatic rings. The predicted molar refractivity (Wildman–Crippen MR) is 29.7 cm³/mol. The second kappa shape index (κ2) is 1.86. The maximum atomic E-state index is 9.94. The van der Waals surface area contributed by atoms with Crippen molar-refractivity contribution in [3.8, 4) is 0 Å². The first-order chi connectivity index (χ1) is 3.83. The van der Waals surface area contributed by atoms with Gasteiger partial charge in [0.15, 0.2) is 0 Å². The molecule has 0 aromatic heterocycles. The number of carbonyl (C=O) groups excluding carboxylic acids is 1. The molecule has 2 nitrogen and oxygen atoms in total. The largest absolute Gasteiger partial charge is 0.378 e. The van der Waals surface area contributed by atoms with Gasteiger partial charge in [-0.3, -0.25) is 0 Å². The lowest BCUT2D eigenvalue weighted by Gasteiger charge is -2.06. The standard InChI is InChI=1S/C6H10O2/c1-8-6(2-3-6)4-5-7/h5H,2-4H2,1H3. The molecule has 1 aliphatic carbocycles. The zero-order chi connectivity index (χ0) is 6.04. The Labute approximate surface area is 48.8 Å². The smallest absolute Gasteiger partial charge is 0.122 e. The van der Waals surface area contributed by atoms with Crippen molar-refractivity contribution >= 4 is 6.29 Å². The Kier molecular flexibility index (Phi) is 1.34. The molecule has 0 amide bonds. The van der Waals surface area contributed by atoms with E-state index in [0.717, 1.165) is 19.1 Å². The van der Waals surface area contributed by atoms with Gasteiger partial charge < -0.3 is 9.53 Å².